The highest BCUT2D eigenvalue weighted by Crippen LogP contribution is 2.29. The minimum atomic E-state index is -4.83. The van der Waals surface area contributed by atoms with Gasteiger partial charge in [0.25, 0.3) is 0 Å². The number of carboxylic acid groups (broad SMARTS) is 1. The lowest BCUT2D eigenvalue weighted by Crippen LogP contribution is -2.30. The van der Waals surface area contributed by atoms with Crippen LogP contribution in [0.15, 0.2) is 5.03 Å². The Balaban J connectivity index is 2.33. The zero-order valence-corrected chi connectivity index (χ0v) is 14.8. The predicted octanol–water partition coefficient (Wildman–Crippen LogP) is 1.47. The summed E-state index contributed by atoms with van der Waals surface area (Å²) in [5.41, 5.74) is -0.727. The zero-order valence-electron chi connectivity index (χ0n) is 14.0. The number of aryl methyl sites for hydroxylation is 1. The number of carboxylic acids is 1. The standard InChI is InChI=1S/C15H23N3O6S/c1-9-16-13(12(15(20)21)14(17-9)25(22,23)24)18-11(8-19)7-10-5-3-2-4-6-10/h10-11,19H,2-8H2,1H3,(H,20,21)(H,16,17,18)(H,22,23,24). The Labute approximate surface area is 146 Å². The summed E-state index contributed by atoms with van der Waals surface area (Å²) < 4.78 is 32.2. The molecule has 0 saturated heterocycles. The number of aliphatic hydroxyl groups is 1. The van der Waals surface area contributed by atoms with Crippen LogP contribution in [0.1, 0.15) is 54.7 Å². The second kappa shape index (κ2) is 8.07. The van der Waals surface area contributed by atoms with E-state index in [9.17, 15) is 28.0 Å². The number of hydrogen-bond acceptors (Lipinski definition) is 7. The molecule has 1 saturated carbocycles. The first-order valence-corrected chi connectivity index (χ1v) is 9.63. The van der Waals surface area contributed by atoms with E-state index < -0.39 is 32.7 Å². The monoisotopic (exact) mass is 373 g/mol. The molecule has 1 fully saturated rings. The van der Waals surface area contributed by atoms with Crippen molar-refractivity contribution in [2.75, 3.05) is 11.9 Å². The first kappa shape index (κ1) is 19.5. The van der Waals surface area contributed by atoms with Crippen LogP contribution < -0.4 is 5.32 Å². The molecule has 25 heavy (non-hydrogen) atoms. The van der Waals surface area contributed by atoms with E-state index in [0.717, 1.165) is 25.7 Å². The maximum atomic E-state index is 11.5. The third-order valence-corrected chi connectivity index (χ3v) is 5.13. The lowest BCUT2D eigenvalue weighted by Gasteiger charge is -2.27. The van der Waals surface area contributed by atoms with Crippen LogP contribution in [0, 0.1) is 12.8 Å². The summed E-state index contributed by atoms with van der Waals surface area (Å²) in [5.74, 6) is -1.39. The SMILES string of the molecule is Cc1nc(NC(CO)CC2CCCCC2)c(C(=O)O)c(S(=O)(=O)O)n1. The van der Waals surface area contributed by atoms with E-state index in [4.69, 9.17) is 0 Å². The largest absolute Gasteiger partial charge is 0.477 e. The zero-order chi connectivity index (χ0) is 18.6. The van der Waals surface area contributed by atoms with Crippen LogP contribution in [0.25, 0.3) is 0 Å². The summed E-state index contributed by atoms with van der Waals surface area (Å²) in [7, 11) is -4.83. The topological polar surface area (TPSA) is 150 Å². The summed E-state index contributed by atoms with van der Waals surface area (Å²) in [4.78, 5) is 19.0. The number of aromatic nitrogens is 2. The molecule has 2 rings (SSSR count). The number of anilines is 1. The minimum Gasteiger partial charge on any atom is -0.477 e. The highest BCUT2D eigenvalue weighted by Gasteiger charge is 2.29. The molecule has 10 heteroatoms. The van der Waals surface area contributed by atoms with Crippen LogP contribution in [0.2, 0.25) is 0 Å². The van der Waals surface area contributed by atoms with Crippen LogP contribution in [0.4, 0.5) is 5.82 Å². The fraction of sp³-hybridized carbons (Fsp3) is 0.667. The Morgan fingerprint density at radius 1 is 1.28 bits per heavy atom. The molecule has 1 aliphatic rings. The normalized spacial score (nSPS) is 17.2. The first-order chi connectivity index (χ1) is 11.7. The fourth-order valence-corrected chi connectivity index (χ4v) is 3.92. The van der Waals surface area contributed by atoms with Crippen LogP contribution >= 0.6 is 0 Å². The molecule has 1 aliphatic carbocycles. The van der Waals surface area contributed by atoms with Crippen molar-refractivity contribution >= 4 is 21.9 Å². The maximum Gasteiger partial charge on any atom is 0.342 e. The van der Waals surface area contributed by atoms with E-state index in [1.807, 2.05) is 0 Å². The van der Waals surface area contributed by atoms with Crippen molar-refractivity contribution in [1.82, 2.24) is 9.97 Å². The molecule has 1 unspecified atom stereocenters. The summed E-state index contributed by atoms with van der Waals surface area (Å²) in [6.07, 6.45) is 6.16. The fourth-order valence-electron chi connectivity index (χ4n) is 3.23. The molecule has 4 N–H and O–H groups in total. The maximum absolute atomic E-state index is 11.5. The van der Waals surface area contributed by atoms with Crippen molar-refractivity contribution in [3.63, 3.8) is 0 Å². The number of aromatic carboxylic acids is 1. The first-order valence-electron chi connectivity index (χ1n) is 8.19. The molecular weight excluding hydrogens is 350 g/mol. The number of aliphatic hydroxyl groups excluding tert-OH is 1. The van der Waals surface area contributed by atoms with Gasteiger partial charge < -0.3 is 15.5 Å². The average Bonchev–Trinajstić information content (AvgIpc) is 2.53. The minimum absolute atomic E-state index is 0.00511. The van der Waals surface area contributed by atoms with Gasteiger partial charge in [0, 0.05) is 0 Å². The summed E-state index contributed by atoms with van der Waals surface area (Å²) in [6.45, 7) is 1.14. The molecule has 1 atom stereocenters. The summed E-state index contributed by atoms with van der Waals surface area (Å²) in [6, 6.07) is -0.468. The van der Waals surface area contributed by atoms with Crippen LogP contribution in [0.3, 0.4) is 0 Å². The molecule has 9 nitrogen and oxygen atoms in total. The molecule has 1 aromatic heterocycles. The van der Waals surface area contributed by atoms with Gasteiger partial charge in [-0.05, 0) is 19.3 Å². The van der Waals surface area contributed by atoms with E-state index in [2.05, 4.69) is 15.3 Å². The van der Waals surface area contributed by atoms with Gasteiger partial charge in [-0.25, -0.2) is 14.8 Å². The van der Waals surface area contributed by atoms with Gasteiger partial charge >= 0.3 is 16.1 Å². The quantitative estimate of drug-likeness (QED) is 0.411. The number of rotatable bonds is 7. The number of nitrogens with one attached hydrogen (secondary N) is 1. The van der Waals surface area contributed by atoms with E-state index in [0.29, 0.717) is 12.3 Å². The molecule has 140 valence electrons. The second-order valence-corrected chi connectivity index (χ2v) is 7.68. The summed E-state index contributed by atoms with van der Waals surface area (Å²) >= 11 is 0. The molecule has 1 heterocycles. The lowest BCUT2D eigenvalue weighted by molar-refractivity contribution is 0.0691. The van der Waals surface area contributed by atoms with Gasteiger partial charge in [-0.2, -0.15) is 8.42 Å². The molecular formula is C15H23N3O6S. The average molecular weight is 373 g/mol. The van der Waals surface area contributed by atoms with Crippen molar-refractivity contribution in [3.8, 4) is 0 Å². The Bertz CT molecular complexity index is 731. The van der Waals surface area contributed by atoms with E-state index in [1.54, 1.807) is 0 Å². The second-order valence-electron chi connectivity index (χ2n) is 6.34. The third-order valence-electron chi connectivity index (χ3n) is 4.35. The van der Waals surface area contributed by atoms with Gasteiger partial charge in [0.1, 0.15) is 17.2 Å². The molecule has 0 aromatic carbocycles. The Morgan fingerprint density at radius 3 is 2.44 bits per heavy atom. The van der Waals surface area contributed by atoms with Crippen molar-refractivity contribution in [2.45, 2.75) is 56.5 Å². The molecule has 0 radical (unpaired) electrons. The number of nitrogens with zero attached hydrogens (tertiary/aromatic N) is 2. The van der Waals surface area contributed by atoms with Gasteiger partial charge in [0.05, 0.1) is 12.6 Å². The Morgan fingerprint density at radius 2 is 1.92 bits per heavy atom. The third kappa shape index (κ3) is 5.10. The predicted molar refractivity (Wildman–Crippen MR) is 89.2 cm³/mol. The number of hydrogen-bond donors (Lipinski definition) is 4. The van der Waals surface area contributed by atoms with Crippen LogP contribution in [0.5, 0.6) is 0 Å². The molecule has 0 spiro atoms. The van der Waals surface area contributed by atoms with Gasteiger partial charge in [-0.1, -0.05) is 32.1 Å². The van der Waals surface area contributed by atoms with E-state index >= 15 is 0 Å². The molecule has 0 bridgehead atoms. The Kier molecular flexibility index (Phi) is 6.31. The molecule has 0 aliphatic heterocycles. The molecule has 0 amide bonds. The molecule has 1 aromatic rings. The summed E-state index contributed by atoms with van der Waals surface area (Å²) in [5, 5.41) is 20.8. The van der Waals surface area contributed by atoms with Crippen molar-refractivity contribution in [2.24, 2.45) is 5.92 Å². The lowest BCUT2D eigenvalue weighted by atomic mass is 9.85. The van der Waals surface area contributed by atoms with Gasteiger partial charge in [-0.15, -0.1) is 0 Å². The number of carbonyl (C=O) groups is 1. The van der Waals surface area contributed by atoms with Gasteiger partial charge in [0.2, 0.25) is 5.03 Å². The van der Waals surface area contributed by atoms with Crippen LogP contribution in [-0.4, -0.2) is 51.8 Å². The van der Waals surface area contributed by atoms with Gasteiger partial charge in [-0.3, -0.25) is 4.55 Å². The smallest absolute Gasteiger partial charge is 0.342 e. The van der Waals surface area contributed by atoms with Crippen molar-refractivity contribution in [3.05, 3.63) is 11.4 Å². The van der Waals surface area contributed by atoms with E-state index in [1.165, 1.54) is 13.3 Å². The highest BCUT2D eigenvalue weighted by atomic mass is 32.2. The van der Waals surface area contributed by atoms with Gasteiger partial charge in [0.15, 0.2) is 0 Å². The van der Waals surface area contributed by atoms with E-state index in [-0.39, 0.29) is 18.2 Å². The van der Waals surface area contributed by atoms with Crippen molar-refractivity contribution < 1.29 is 28.0 Å². The highest BCUT2D eigenvalue weighted by molar-refractivity contribution is 7.85. The van der Waals surface area contributed by atoms with Crippen molar-refractivity contribution in [1.29, 1.82) is 0 Å². The van der Waals surface area contributed by atoms with Crippen LogP contribution in [-0.2, 0) is 10.1 Å². The Hall–Kier alpha value is -1.78.